The molecular formula is C18H18N2O3S. The Bertz CT molecular complexity index is 873. The van der Waals surface area contributed by atoms with Crippen LogP contribution in [0.4, 0.5) is 5.13 Å². The predicted octanol–water partition coefficient (Wildman–Crippen LogP) is 3.96. The van der Waals surface area contributed by atoms with Crippen molar-refractivity contribution < 1.29 is 13.9 Å². The number of rotatable bonds is 4. The van der Waals surface area contributed by atoms with E-state index in [1.54, 1.807) is 24.7 Å². The zero-order valence-electron chi connectivity index (χ0n) is 13.4. The number of fused-ring (bicyclic) bond motifs is 2. The standard InChI is InChI=1S/C18H18N2O3S/c1-22-12-6-7-13-11(10-23-15(13)9-12)8-17(21)20-18-19-14-4-2-3-5-16(14)24-18/h6-7,9-10H,2-5,8H2,1H3,(H,19,20,21). The molecule has 1 aliphatic rings. The van der Waals surface area contributed by atoms with Gasteiger partial charge < -0.3 is 14.5 Å². The quantitative estimate of drug-likeness (QED) is 0.779. The maximum absolute atomic E-state index is 12.3. The van der Waals surface area contributed by atoms with Gasteiger partial charge in [0.25, 0.3) is 0 Å². The molecule has 1 amide bonds. The molecule has 6 heteroatoms. The van der Waals surface area contributed by atoms with E-state index in [1.807, 2.05) is 18.2 Å². The van der Waals surface area contributed by atoms with E-state index in [9.17, 15) is 4.79 Å². The fourth-order valence-corrected chi connectivity index (χ4v) is 4.14. The van der Waals surface area contributed by atoms with Gasteiger partial charge in [-0.15, -0.1) is 11.3 Å². The van der Waals surface area contributed by atoms with Crippen molar-refractivity contribution in [2.75, 3.05) is 12.4 Å². The largest absolute Gasteiger partial charge is 0.497 e. The highest BCUT2D eigenvalue weighted by Crippen LogP contribution is 2.30. The molecule has 3 aromatic rings. The average Bonchev–Trinajstić information content (AvgIpc) is 3.17. The summed E-state index contributed by atoms with van der Waals surface area (Å²) in [6.07, 6.45) is 6.41. The Morgan fingerprint density at radius 2 is 2.25 bits per heavy atom. The van der Waals surface area contributed by atoms with Crippen molar-refractivity contribution in [3.8, 4) is 5.75 Å². The Kier molecular flexibility index (Phi) is 3.98. The third kappa shape index (κ3) is 2.89. The molecule has 24 heavy (non-hydrogen) atoms. The number of ether oxygens (including phenoxy) is 1. The molecule has 0 spiro atoms. The number of hydrogen-bond acceptors (Lipinski definition) is 5. The highest BCUT2D eigenvalue weighted by Gasteiger charge is 2.17. The van der Waals surface area contributed by atoms with Gasteiger partial charge in [-0.3, -0.25) is 4.79 Å². The molecule has 0 bridgehead atoms. The van der Waals surface area contributed by atoms with Crippen LogP contribution in [0, 0.1) is 0 Å². The normalized spacial score (nSPS) is 13.7. The number of anilines is 1. The second-order valence-corrected chi connectivity index (χ2v) is 7.03. The van der Waals surface area contributed by atoms with Crippen LogP contribution in [0.5, 0.6) is 5.75 Å². The molecule has 0 saturated carbocycles. The number of nitrogens with zero attached hydrogens (tertiary/aromatic N) is 1. The zero-order valence-corrected chi connectivity index (χ0v) is 14.2. The summed E-state index contributed by atoms with van der Waals surface area (Å²) in [5.41, 5.74) is 2.75. The summed E-state index contributed by atoms with van der Waals surface area (Å²) in [5, 5.41) is 4.57. The fourth-order valence-electron chi connectivity index (χ4n) is 3.07. The summed E-state index contributed by atoms with van der Waals surface area (Å²) in [6.45, 7) is 0. The minimum atomic E-state index is -0.0698. The number of aromatic nitrogens is 1. The SMILES string of the molecule is COc1ccc2c(CC(=O)Nc3nc4c(s3)CCCC4)coc2c1. The van der Waals surface area contributed by atoms with Crippen molar-refractivity contribution in [1.82, 2.24) is 4.98 Å². The maximum Gasteiger partial charge on any atom is 0.230 e. The van der Waals surface area contributed by atoms with Crippen molar-refractivity contribution in [3.63, 3.8) is 0 Å². The first-order chi connectivity index (χ1) is 11.7. The number of benzene rings is 1. The lowest BCUT2D eigenvalue weighted by molar-refractivity contribution is -0.115. The van der Waals surface area contributed by atoms with Gasteiger partial charge in [0, 0.05) is 21.9 Å². The van der Waals surface area contributed by atoms with Gasteiger partial charge in [0.1, 0.15) is 11.3 Å². The Hall–Kier alpha value is -2.34. The van der Waals surface area contributed by atoms with Crippen LogP contribution in [0.15, 0.2) is 28.9 Å². The summed E-state index contributed by atoms with van der Waals surface area (Å²) < 4.78 is 10.7. The number of furan rings is 1. The Morgan fingerprint density at radius 3 is 3.08 bits per heavy atom. The second-order valence-electron chi connectivity index (χ2n) is 5.94. The molecule has 1 aromatic carbocycles. The lowest BCUT2D eigenvalue weighted by Crippen LogP contribution is -2.14. The van der Waals surface area contributed by atoms with E-state index in [1.165, 1.54) is 17.7 Å². The van der Waals surface area contributed by atoms with Crippen LogP contribution in [0.1, 0.15) is 29.0 Å². The topological polar surface area (TPSA) is 64.4 Å². The second kappa shape index (κ2) is 6.28. The predicted molar refractivity (Wildman–Crippen MR) is 93.9 cm³/mol. The number of hydrogen-bond donors (Lipinski definition) is 1. The average molecular weight is 342 g/mol. The van der Waals surface area contributed by atoms with Gasteiger partial charge in [-0.2, -0.15) is 0 Å². The van der Waals surface area contributed by atoms with Gasteiger partial charge in [0.05, 0.1) is 25.5 Å². The fraction of sp³-hybridized carbons (Fsp3) is 0.333. The Labute approximate surface area is 143 Å². The number of nitrogens with one attached hydrogen (secondary N) is 1. The molecule has 0 fully saturated rings. The molecule has 0 unspecified atom stereocenters. The molecule has 5 nitrogen and oxygen atoms in total. The summed E-state index contributed by atoms with van der Waals surface area (Å²) >= 11 is 1.60. The number of thiazole rings is 1. The smallest absolute Gasteiger partial charge is 0.230 e. The Balaban J connectivity index is 1.49. The van der Waals surface area contributed by atoms with Crippen LogP contribution in [0.3, 0.4) is 0 Å². The molecule has 0 aliphatic heterocycles. The van der Waals surface area contributed by atoms with E-state index < -0.39 is 0 Å². The Morgan fingerprint density at radius 1 is 1.38 bits per heavy atom. The molecular weight excluding hydrogens is 324 g/mol. The number of carbonyl (C=O) groups is 1. The van der Waals surface area contributed by atoms with Crippen LogP contribution < -0.4 is 10.1 Å². The first-order valence-corrected chi connectivity index (χ1v) is 8.87. The molecule has 1 aliphatic carbocycles. The van der Waals surface area contributed by atoms with Gasteiger partial charge in [-0.05, 0) is 37.8 Å². The van der Waals surface area contributed by atoms with Crippen molar-refractivity contribution in [3.05, 3.63) is 40.6 Å². The van der Waals surface area contributed by atoms with Gasteiger partial charge in [0.15, 0.2) is 5.13 Å². The van der Waals surface area contributed by atoms with E-state index in [-0.39, 0.29) is 12.3 Å². The molecule has 2 aromatic heterocycles. The van der Waals surface area contributed by atoms with Gasteiger partial charge >= 0.3 is 0 Å². The van der Waals surface area contributed by atoms with E-state index in [4.69, 9.17) is 9.15 Å². The summed E-state index contributed by atoms with van der Waals surface area (Å²) in [5.74, 6) is 0.667. The van der Waals surface area contributed by atoms with Crippen molar-refractivity contribution in [2.24, 2.45) is 0 Å². The summed E-state index contributed by atoms with van der Waals surface area (Å²) in [6, 6.07) is 5.61. The monoisotopic (exact) mass is 342 g/mol. The van der Waals surface area contributed by atoms with E-state index in [2.05, 4.69) is 10.3 Å². The molecule has 2 heterocycles. The van der Waals surface area contributed by atoms with Crippen LogP contribution in [-0.2, 0) is 24.1 Å². The van der Waals surface area contributed by atoms with Crippen LogP contribution in [0.2, 0.25) is 0 Å². The molecule has 0 atom stereocenters. The third-order valence-corrected chi connectivity index (χ3v) is 5.38. The molecule has 1 N–H and O–H groups in total. The molecule has 0 radical (unpaired) electrons. The highest BCUT2D eigenvalue weighted by atomic mass is 32.1. The van der Waals surface area contributed by atoms with Crippen molar-refractivity contribution in [1.29, 1.82) is 0 Å². The first kappa shape index (κ1) is 15.2. The number of carbonyl (C=O) groups excluding carboxylic acids is 1. The van der Waals surface area contributed by atoms with Crippen molar-refractivity contribution >= 4 is 33.3 Å². The van der Waals surface area contributed by atoms with Gasteiger partial charge in [0.2, 0.25) is 5.91 Å². The van der Waals surface area contributed by atoms with E-state index in [0.29, 0.717) is 5.13 Å². The number of methoxy groups -OCH3 is 1. The molecule has 0 saturated heterocycles. The third-order valence-electron chi connectivity index (χ3n) is 4.31. The summed E-state index contributed by atoms with van der Waals surface area (Å²) in [4.78, 5) is 18.2. The van der Waals surface area contributed by atoms with E-state index >= 15 is 0 Å². The van der Waals surface area contributed by atoms with Crippen LogP contribution in [-0.4, -0.2) is 18.0 Å². The maximum atomic E-state index is 12.3. The number of aryl methyl sites for hydroxylation is 2. The van der Waals surface area contributed by atoms with Crippen LogP contribution >= 0.6 is 11.3 Å². The van der Waals surface area contributed by atoms with Gasteiger partial charge in [-0.1, -0.05) is 0 Å². The van der Waals surface area contributed by atoms with E-state index in [0.717, 1.165) is 40.8 Å². The van der Waals surface area contributed by atoms with Gasteiger partial charge in [-0.25, -0.2) is 4.98 Å². The summed E-state index contributed by atoms with van der Waals surface area (Å²) in [7, 11) is 1.62. The highest BCUT2D eigenvalue weighted by molar-refractivity contribution is 7.15. The minimum Gasteiger partial charge on any atom is -0.497 e. The van der Waals surface area contributed by atoms with Crippen molar-refractivity contribution in [2.45, 2.75) is 32.1 Å². The zero-order chi connectivity index (χ0) is 16.5. The molecule has 124 valence electrons. The first-order valence-electron chi connectivity index (χ1n) is 8.05. The minimum absolute atomic E-state index is 0.0698. The lowest BCUT2D eigenvalue weighted by Gasteiger charge is -2.06. The lowest BCUT2D eigenvalue weighted by atomic mass is 10.0. The number of amides is 1. The molecule has 4 rings (SSSR count). The van der Waals surface area contributed by atoms with Crippen LogP contribution in [0.25, 0.3) is 11.0 Å².